The minimum Gasteiger partial charge on any atom is -0.316 e. The van der Waals surface area contributed by atoms with Crippen LogP contribution in [-0.2, 0) is 13.1 Å². The summed E-state index contributed by atoms with van der Waals surface area (Å²) in [5.41, 5.74) is 3.96. The van der Waals surface area contributed by atoms with Crippen LogP contribution in [0.15, 0.2) is 73.1 Å². The van der Waals surface area contributed by atoms with E-state index in [9.17, 15) is 4.79 Å². The highest BCUT2D eigenvalue weighted by Gasteiger charge is 2.16. The summed E-state index contributed by atoms with van der Waals surface area (Å²) in [7, 11) is 0. The van der Waals surface area contributed by atoms with Crippen LogP contribution in [0.2, 0.25) is 5.02 Å². The van der Waals surface area contributed by atoms with Gasteiger partial charge in [-0.15, -0.1) is 0 Å². The zero-order chi connectivity index (χ0) is 18.4. The number of pyridine rings is 1. The van der Waals surface area contributed by atoms with Gasteiger partial charge in [-0.05, 0) is 53.9 Å². The van der Waals surface area contributed by atoms with Crippen molar-refractivity contribution < 1.29 is 4.79 Å². The zero-order valence-electron chi connectivity index (χ0n) is 14.5. The van der Waals surface area contributed by atoms with Gasteiger partial charge in [0.05, 0.1) is 0 Å². The van der Waals surface area contributed by atoms with Crippen molar-refractivity contribution in [2.45, 2.75) is 20.0 Å². The summed E-state index contributed by atoms with van der Waals surface area (Å²) in [6, 6.07) is 18.8. The third-order valence-electron chi connectivity index (χ3n) is 4.10. The Labute approximate surface area is 158 Å². The molecule has 4 nitrogen and oxygen atoms in total. The molecule has 0 fully saturated rings. The van der Waals surface area contributed by atoms with Crippen molar-refractivity contribution in [2.75, 3.05) is 5.32 Å². The first-order valence-corrected chi connectivity index (χ1v) is 8.74. The minimum absolute atomic E-state index is 0.167. The molecule has 2 aromatic carbocycles. The van der Waals surface area contributed by atoms with Crippen molar-refractivity contribution in [1.29, 1.82) is 0 Å². The lowest BCUT2D eigenvalue weighted by Crippen LogP contribution is -2.34. The number of aryl methyl sites for hydroxylation is 1. The van der Waals surface area contributed by atoms with E-state index in [4.69, 9.17) is 11.6 Å². The fourth-order valence-electron chi connectivity index (χ4n) is 2.64. The molecule has 1 N–H and O–H groups in total. The van der Waals surface area contributed by atoms with Crippen molar-refractivity contribution >= 4 is 23.3 Å². The monoisotopic (exact) mass is 365 g/mol. The van der Waals surface area contributed by atoms with Gasteiger partial charge in [-0.2, -0.15) is 0 Å². The lowest BCUT2D eigenvalue weighted by molar-refractivity contribution is 0.206. The highest BCUT2D eigenvalue weighted by molar-refractivity contribution is 6.30. The molecular formula is C21H20ClN3O. The van der Waals surface area contributed by atoms with Crippen LogP contribution in [-0.4, -0.2) is 15.9 Å². The second kappa shape index (κ2) is 8.50. The molecule has 2 amide bonds. The van der Waals surface area contributed by atoms with E-state index in [2.05, 4.69) is 23.3 Å². The molecule has 1 heterocycles. The predicted molar refractivity (Wildman–Crippen MR) is 105 cm³/mol. The number of benzene rings is 2. The Morgan fingerprint density at radius 2 is 1.81 bits per heavy atom. The molecule has 3 aromatic rings. The van der Waals surface area contributed by atoms with Crippen LogP contribution in [0.4, 0.5) is 10.5 Å². The van der Waals surface area contributed by atoms with Gasteiger partial charge in [0, 0.05) is 36.2 Å². The number of amides is 2. The largest absolute Gasteiger partial charge is 0.322 e. The summed E-state index contributed by atoms with van der Waals surface area (Å²) in [4.78, 5) is 18.8. The maximum atomic E-state index is 12.9. The van der Waals surface area contributed by atoms with Crippen LogP contribution in [0.1, 0.15) is 16.7 Å². The van der Waals surface area contributed by atoms with Crippen LogP contribution in [0, 0.1) is 6.92 Å². The number of hydrogen-bond donors (Lipinski definition) is 1. The lowest BCUT2D eigenvalue weighted by Gasteiger charge is -2.24. The fraction of sp³-hybridized carbons (Fsp3) is 0.143. The Morgan fingerprint density at radius 3 is 2.50 bits per heavy atom. The number of urea groups is 1. The minimum atomic E-state index is -0.167. The van der Waals surface area contributed by atoms with Gasteiger partial charge in [-0.1, -0.05) is 41.9 Å². The van der Waals surface area contributed by atoms with Gasteiger partial charge in [0.1, 0.15) is 0 Å². The molecule has 0 aliphatic carbocycles. The molecule has 0 bridgehead atoms. The molecule has 0 unspecified atom stereocenters. The summed E-state index contributed by atoms with van der Waals surface area (Å²) < 4.78 is 0. The van der Waals surface area contributed by atoms with E-state index in [0.717, 1.165) is 16.7 Å². The molecule has 0 atom stereocenters. The molecule has 0 aliphatic heterocycles. The summed E-state index contributed by atoms with van der Waals surface area (Å²) in [5.74, 6) is 0. The van der Waals surface area contributed by atoms with E-state index >= 15 is 0 Å². The Hall–Kier alpha value is -2.85. The van der Waals surface area contributed by atoms with Gasteiger partial charge in [0.25, 0.3) is 0 Å². The molecular weight excluding hydrogens is 346 g/mol. The number of aromatic nitrogens is 1. The molecule has 0 saturated heterocycles. The molecule has 0 radical (unpaired) electrons. The van der Waals surface area contributed by atoms with Crippen LogP contribution < -0.4 is 5.32 Å². The third kappa shape index (κ3) is 4.83. The van der Waals surface area contributed by atoms with Crippen LogP contribution in [0.25, 0.3) is 0 Å². The van der Waals surface area contributed by atoms with Crippen molar-refractivity contribution in [3.8, 4) is 0 Å². The first kappa shape index (κ1) is 18.0. The van der Waals surface area contributed by atoms with Crippen molar-refractivity contribution in [2.24, 2.45) is 0 Å². The summed E-state index contributed by atoms with van der Waals surface area (Å²) in [6.45, 7) is 3.04. The summed E-state index contributed by atoms with van der Waals surface area (Å²) >= 11 is 5.91. The van der Waals surface area contributed by atoms with Crippen LogP contribution in [0.5, 0.6) is 0 Å². The maximum absolute atomic E-state index is 12.9. The highest BCUT2D eigenvalue weighted by atomic mass is 35.5. The normalized spacial score (nSPS) is 10.4. The van der Waals surface area contributed by atoms with Gasteiger partial charge in [-0.25, -0.2) is 4.79 Å². The SMILES string of the molecule is Cc1ccccc1CN(Cc1cccnc1)C(=O)Nc1ccc(Cl)cc1. The van der Waals surface area contributed by atoms with Crippen molar-refractivity contribution in [3.05, 3.63) is 94.8 Å². The topological polar surface area (TPSA) is 45.2 Å². The average molecular weight is 366 g/mol. The fourth-order valence-corrected chi connectivity index (χ4v) is 2.77. The van der Waals surface area contributed by atoms with Gasteiger partial charge >= 0.3 is 6.03 Å². The number of nitrogens with one attached hydrogen (secondary N) is 1. The zero-order valence-corrected chi connectivity index (χ0v) is 15.3. The lowest BCUT2D eigenvalue weighted by atomic mass is 10.1. The number of carbonyl (C=O) groups is 1. The molecule has 3 rings (SSSR count). The van der Waals surface area contributed by atoms with Crippen molar-refractivity contribution in [3.63, 3.8) is 0 Å². The van der Waals surface area contributed by atoms with Crippen molar-refractivity contribution in [1.82, 2.24) is 9.88 Å². The molecule has 0 aliphatic rings. The van der Waals surface area contributed by atoms with Crippen LogP contribution in [0.3, 0.4) is 0 Å². The number of carbonyl (C=O) groups excluding carboxylic acids is 1. The average Bonchev–Trinajstić information content (AvgIpc) is 2.65. The van der Waals surface area contributed by atoms with E-state index in [1.165, 1.54) is 0 Å². The number of nitrogens with zero attached hydrogens (tertiary/aromatic N) is 2. The molecule has 132 valence electrons. The molecule has 0 saturated carbocycles. The maximum Gasteiger partial charge on any atom is 0.322 e. The Kier molecular flexibility index (Phi) is 5.87. The molecule has 0 spiro atoms. The third-order valence-corrected chi connectivity index (χ3v) is 4.35. The van der Waals surface area contributed by atoms with Gasteiger partial charge < -0.3 is 10.2 Å². The smallest absolute Gasteiger partial charge is 0.316 e. The summed E-state index contributed by atoms with van der Waals surface area (Å²) in [6.07, 6.45) is 3.50. The Balaban J connectivity index is 1.80. The molecule has 26 heavy (non-hydrogen) atoms. The number of rotatable bonds is 5. The molecule has 5 heteroatoms. The van der Waals surface area contributed by atoms with E-state index < -0.39 is 0 Å². The first-order chi connectivity index (χ1) is 12.6. The number of hydrogen-bond acceptors (Lipinski definition) is 2. The Bertz CT molecular complexity index is 866. The number of halogens is 1. The van der Waals surface area contributed by atoms with E-state index in [1.807, 2.05) is 30.3 Å². The van der Waals surface area contributed by atoms with Gasteiger partial charge in [0.2, 0.25) is 0 Å². The van der Waals surface area contributed by atoms with Gasteiger partial charge in [0.15, 0.2) is 0 Å². The number of anilines is 1. The van der Waals surface area contributed by atoms with E-state index in [1.54, 1.807) is 41.6 Å². The second-order valence-corrected chi connectivity index (χ2v) is 6.52. The van der Waals surface area contributed by atoms with Gasteiger partial charge in [-0.3, -0.25) is 4.98 Å². The summed E-state index contributed by atoms with van der Waals surface area (Å²) in [5, 5.41) is 3.57. The molecule has 1 aromatic heterocycles. The second-order valence-electron chi connectivity index (χ2n) is 6.08. The van der Waals surface area contributed by atoms with E-state index in [0.29, 0.717) is 23.8 Å². The standard InChI is InChI=1S/C21H20ClN3O/c1-16-5-2-3-7-18(16)15-25(14-17-6-4-12-23-13-17)21(26)24-20-10-8-19(22)9-11-20/h2-13H,14-15H2,1H3,(H,24,26). The highest BCUT2D eigenvalue weighted by Crippen LogP contribution is 2.17. The van der Waals surface area contributed by atoms with Crippen LogP contribution >= 0.6 is 11.6 Å². The van der Waals surface area contributed by atoms with E-state index in [-0.39, 0.29) is 6.03 Å². The Morgan fingerprint density at radius 1 is 1.04 bits per heavy atom. The predicted octanol–water partition coefficient (Wildman–Crippen LogP) is 5.28. The first-order valence-electron chi connectivity index (χ1n) is 8.37. The quantitative estimate of drug-likeness (QED) is 0.668.